The van der Waals surface area contributed by atoms with Crippen LogP contribution in [0, 0.1) is 12.8 Å². The molecule has 0 radical (unpaired) electrons. The number of benzene rings is 2. The van der Waals surface area contributed by atoms with Gasteiger partial charge in [0.1, 0.15) is 5.82 Å². The summed E-state index contributed by atoms with van der Waals surface area (Å²) in [7, 11) is 0. The van der Waals surface area contributed by atoms with Gasteiger partial charge >= 0.3 is 0 Å². The molecular formula is C21H19N5O. The summed E-state index contributed by atoms with van der Waals surface area (Å²) in [5.41, 5.74) is 11.3. The van der Waals surface area contributed by atoms with Crippen LogP contribution in [0.2, 0.25) is 0 Å². The number of nitrogens with zero attached hydrogens (tertiary/aromatic N) is 2. The molecule has 0 saturated heterocycles. The highest BCUT2D eigenvalue weighted by Gasteiger charge is 2.29. The van der Waals surface area contributed by atoms with Crippen LogP contribution < -0.4 is 11.1 Å². The second-order valence-corrected chi connectivity index (χ2v) is 7.24. The zero-order chi connectivity index (χ0) is 18.5. The molecule has 6 nitrogen and oxygen atoms in total. The van der Waals surface area contributed by atoms with Crippen LogP contribution in [-0.2, 0) is 4.79 Å². The van der Waals surface area contributed by atoms with E-state index in [2.05, 4.69) is 45.6 Å². The van der Waals surface area contributed by atoms with E-state index in [1.165, 1.54) is 0 Å². The van der Waals surface area contributed by atoms with Crippen LogP contribution in [-0.4, -0.2) is 21.1 Å². The van der Waals surface area contributed by atoms with Crippen molar-refractivity contribution in [3.63, 3.8) is 0 Å². The molecule has 0 atom stereocenters. The van der Waals surface area contributed by atoms with Crippen molar-refractivity contribution in [1.29, 1.82) is 0 Å². The minimum atomic E-state index is 0.0484. The fraction of sp³-hybridized carbons (Fsp3) is 0.190. The molecule has 1 aliphatic carbocycles. The molecule has 0 unspecified atom stereocenters. The first-order chi connectivity index (χ1) is 13.1. The monoisotopic (exact) mass is 357 g/mol. The zero-order valence-electron chi connectivity index (χ0n) is 14.9. The molecule has 0 spiro atoms. The molecule has 1 amide bonds. The molecule has 2 aromatic carbocycles. The SMILES string of the molecule is Cc1cc2[nH]ncc2cc1-c1cc(N)c2cnc(NC(=O)C3CC3)cc2c1. The first kappa shape index (κ1) is 15.8. The molecule has 1 aliphatic rings. The highest BCUT2D eigenvalue weighted by Crippen LogP contribution is 2.34. The predicted octanol–water partition coefficient (Wildman–Crippen LogP) is 4.02. The Bertz CT molecular complexity index is 1210. The maximum atomic E-state index is 12.0. The number of nitrogens with one attached hydrogen (secondary N) is 2. The van der Waals surface area contributed by atoms with Crippen LogP contribution in [0.15, 0.2) is 42.7 Å². The Hall–Kier alpha value is -3.41. The number of aryl methyl sites for hydroxylation is 1. The molecule has 2 aromatic heterocycles. The lowest BCUT2D eigenvalue weighted by Gasteiger charge is -2.11. The van der Waals surface area contributed by atoms with Crippen molar-refractivity contribution in [2.45, 2.75) is 19.8 Å². The van der Waals surface area contributed by atoms with Crippen molar-refractivity contribution in [3.05, 3.63) is 48.3 Å². The molecular weight excluding hydrogens is 338 g/mol. The maximum absolute atomic E-state index is 12.0. The number of nitrogen functional groups attached to an aromatic ring is 1. The van der Waals surface area contributed by atoms with Gasteiger partial charge in [-0.05, 0) is 72.2 Å². The average Bonchev–Trinajstić information content (AvgIpc) is 3.40. The van der Waals surface area contributed by atoms with Crippen LogP contribution in [0.3, 0.4) is 0 Å². The summed E-state index contributed by atoms with van der Waals surface area (Å²) in [6, 6.07) is 10.2. The van der Waals surface area contributed by atoms with Crippen molar-refractivity contribution in [2.75, 3.05) is 11.1 Å². The van der Waals surface area contributed by atoms with Gasteiger partial charge in [-0.2, -0.15) is 5.10 Å². The molecule has 27 heavy (non-hydrogen) atoms. The predicted molar refractivity (Wildman–Crippen MR) is 107 cm³/mol. The maximum Gasteiger partial charge on any atom is 0.228 e. The fourth-order valence-corrected chi connectivity index (χ4v) is 3.49. The quantitative estimate of drug-likeness (QED) is 0.483. The third kappa shape index (κ3) is 2.79. The number of pyridine rings is 1. The summed E-state index contributed by atoms with van der Waals surface area (Å²) < 4.78 is 0. The third-order valence-corrected chi connectivity index (χ3v) is 5.16. The van der Waals surface area contributed by atoms with Gasteiger partial charge in [0.15, 0.2) is 0 Å². The van der Waals surface area contributed by atoms with E-state index in [1.807, 2.05) is 18.3 Å². The Morgan fingerprint density at radius 3 is 2.81 bits per heavy atom. The first-order valence-corrected chi connectivity index (χ1v) is 9.03. The summed E-state index contributed by atoms with van der Waals surface area (Å²) in [6.45, 7) is 2.07. The minimum absolute atomic E-state index is 0.0484. The van der Waals surface area contributed by atoms with Crippen molar-refractivity contribution in [1.82, 2.24) is 15.2 Å². The van der Waals surface area contributed by atoms with E-state index in [0.29, 0.717) is 11.5 Å². The van der Waals surface area contributed by atoms with Crippen LogP contribution in [0.4, 0.5) is 11.5 Å². The average molecular weight is 357 g/mol. The highest BCUT2D eigenvalue weighted by atomic mass is 16.2. The second kappa shape index (κ2) is 5.81. The fourth-order valence-electron chi connectivity index (χ4n) is 3.49. The van der Waals surface area contributed by atoms with E-state index < -0.39 is 0 Å². The van der Waals surface area contributed by atoms with E-state index in [9.17, 15) is 4.79 Å². The van der Waals surface area contributed by atoms with Crippen LogP contribution >= 0.6 is 0 Å². The van der Waals surface area contributed by atoms with E-state index in [4.69, 9.17) is 5.73 Å². The van der Waals surface area contributed by atoms with Gasteiger partial charge in [0.05, 0.1) is 11.7 Å². The number of hydrogen-bond donors (Lipinski definition) is 3. The van der Waals surface area contributed by atoms with Gasteiger partial charge in [-0.15, -0.1) is 0 Å². The van der Waals surface area contributed by atoms with Gasteiger partial charge in [-0.3, -0.25) is 9.89 Å². The van der Waals surface area contributed by atoms with E-state index in [0.717, 1.165) is 51.2 Å². The molecule has 1 fully saturated rings. The molecule has 4 N–H and O–H groups in total. The normalized spacial score (nSPS) is 14.0. The number of H-pyrrole nitrogens is 1. The second-order valence-electron chi connectivity index (χ2n) is 7.24. The number of aromatic nitrogens is 3. The lowest BCUT2D eigenvalue weighted by atomic mass is 9.96. The molecule has 6 heteroatoms. The zero-order valence-corrected chi connectivity index (χ0v) is 14.9. The van der Waals surface area contributed by atoms with Gasteiger partial charge in [-0.25, -0.2) is 4.98 Å². The minimum Gasteiger partial charge on any atom is -0.398 e. The van der Waals surface area contributed by atoms with Crippen molar-refractivity contribution < 1.29 is 4.79 Å². The highest BCUT2D eigenvalue weighted by molar-refractivity contribution is 6.00. The molecule has 1 saturated carbocycles. The van der Waals surface area contributed by atoms with Crippen LogP contribution in [0.1, 0.15) is 18.4 Å². The molecule has 134 valence electrons. The molecule has 2 heterocycles. The lowest BCUT2D eigenvalue weighted by molar-refractivity contribution is -0.117. The Morgan fingerprint density at radius 2 is 2.00 bits per heavy atom. The van der Waals surface area contributed by atoms with Gasteiger partial charge in [0.25, 0.3) is 0 Å². The van der Waals surface area contributed by atoms with Gasteiger partial charge in [0.2, 0.25) is 5.91 Å². The van der Waals surface area contributed by atoms with E-state index in [-0.39, 0.29) is 11.8 Å². The topological polar surface area (TPSA) is 96.7 Å². The van der Waals surface area contributed by atoms with E-state index in [1.54, 1.807) is 6.20 Å². The Morgan fingerprint density at radius 1 is 1.15 bits per heavy atom. The smallest absolute Gasteiger partial charge is 0.228 e. The van der Waals surface area contributed by atoms with Gasteiger partial charge in [-0.1, -0.05) is 0 Å². The number of nitrogens with two attached hydrogens (primary N) is 1. The summed E-state index contributed by atoms with van der Waals surface area (Å²) in [5.74, 6) is 0.758. The lowest BCUT2D eigenvalue weighted by Crippen LogP contribution is -2.14. The third-order valence-electron chi connectivity index (χ3n) is 5.16. The van der Waals surface area contributed by atoms with E-state index >= 15 is 0 Å². The number of carbonyl (C=O) groups is 1. The first-order valence-electron chi connectivity index (χ1n) is 9.03. The number of anilines is 2. The number of carbonyl (C=O) groups excluding carboxylic acids is 1. The molecule has 0 bridgehead atoms. The van der Waals surface area contributed by atoms with Crippen LogP contribution in [0.25, 0.3) is 32.8 Å². The molecule has 0 aliphatic heterocycles. The number of amides is 1. The van der Waals surface area contributed by atoms with Crippen molar-refractivity contribution in [3.8, 4) is 11.1 Å². The molecule has 5 rings (SSSR count). The summed E-state index contributed by atoms with van der Waals surface area (Å²) in [5, 5.41) is 12.9. The van der Waals surface area contributed by atoms with Gasteiger partial charge < -0.3 is 11.1 Å². The molecule has 4 aromatic rings. The van der Waals surface area contributed by atoms with Gasteiger partial charge in [0, 0.05) is 28.6 Å². The van der Waals surface area contributed by atoms with Crippen LogP contribution in [0.5, 0.6) is 0 Å². The Balaban J connectivity index is 1.61. The van der Waals surface area contributed by atoms with Crippen molar-refractivity contribution >= 4 is 39.1 Å². The summed E-state index contributed by atoms with van der Waals surface area (Å²) >= 11 is 0. The summed E-state index contributed by atoms with van der Waals surface area (Å²) in [4.78, 5) is 16.4. The Labute approximate surface area is 155 Å². The standard InChI is InChI=1S/C21H19N5O/c1-11-4-19-15(9-24-26-19)6-16(11)13-5-14-8-20(25-21(27)12-2-3-12)23-10-17(14)18(22)7-13/h4-10,12H,2-3,22H2,1H3,(H,24,26)(H,23,25,27). The number of fused-ring (bicyclic) bond motifs is 2. The number of aromatic amines is 1. The Kier molecular flexibility index (Phi) is 3.40. The van der Waals surface area contributed by atoms with Crippen molar-refractivity contribution in [2.24, 2.45) is 5.92 Å². The largest absolute Gasteiger partial charge is 0.398 e. The number of rotatable bonds is 3. The number of hydrogen-bond acceptors (Lipinski definition) is 4. The summed E-state index contributed by atoms with van der Waals surface area (Å²) in [6.07, 6.45) is 5.47.